The number of pyridine rings is 1. The second-order valence-electron chi connectivity index (χ2n) is 10.3. The van der Waals surface area contributed by atoms with Crippen molar-refractivity contribution in [3.63, 3.8) is 0 Å². The van der Waals surface area contributed by atoms with E-state index in [1.54, 1.807) is 0 Å². The van der Waals surface area contributed by atoms with Crippen LogP contribution < -0.4 is 0 Å². The summed E-state index contributed by atoms with van der Waals surface area (Å²) < 4.78 is 2.24. The first-order chi connectivity index (χ1) is 13.2. The van der Waals surface area contributed by atoms with Gasteiger partial charge in [0.1, 0.15) is 5.65 Å². The summed E-state index contributed by atoms with van der Waals surface area (Å²) in [4.78, 5) is 19.5. The van der Waals surface area contributed by atoms with Gasteiger partial charge in [-0.25, -0.2) is 4.98 Å². The number of fused-ring (bicyclic) bond motifs is 1. The maximum atomic E-state index is 12.5. The molecule has 5 nitrogen and oxygen atoms in total. The van der Waals surface area contributed by atoms with Crippen molar-refractivity contribution in [1.82, 2.24) is 14.5 Å². The highest BCUT2D eigenvalue weighted by Crippen LogP contribution is 2.53. The van der Waals surface area contributed by atoms with Crippen LogP contribution >= 0.6 is 0 Å². The number of carbonyl (C=O) groups is 1. The van der Waals surface area contributed by atoms with Crippen LogP contribution in [0.5, 0.6) is 0 Å². The van der Waals surface area contributed by atoms with E-state index < -0.39 is 5.60 Å². The highest BCUT2D eigenvalue weighted by atomic mass is 16.3. The fourth-order valence-corrected chi connectivity index (χ4v) is 5.81. The van der Waals surface area contributed by atoms with E-state index in [0.717, 1.165) is 25.2 Å². The van der Waals surface area contributed by atoms with Crippen LogP contribution in [0.1, 0.15) is 58.2 Å². The van der Waals surface area contributed by atoms with Crippen LogP contribution in [0.4, 0.5) is 0 Å². The molecule has 3 fully saturated rings. The third kappa shape index (κ3) is 2.95. The number of carbonyl (C=O) groups excluding carboxylic acids is 1. The fourth-order valence-electron chi connectivity index (χ4n) is 5.81. The van der Waals surface area contributed by atoms with Crippen molar-refractivity contribution < 1.29 is 9.90 Å². The first kappa shape index (κ1) is 18.2. The van der Waals surface area contributed by atoms with Gasteiger partial charge < -0.3 is 14.6 Å². The molecule has 2 saturated carbocycles. The molecule has 2 aromatic heterocycles. The van der Waals surface area contributed by atoms with Crippen LogP contribution in [0.25, 0.3) is 11.0 Å². The van der Waals surface area contributed by atoms with Gasteiger partial charge in [0.15, 0.2) is 0 Å². The summed E-state index contributed by atoms with van der Waals surface area (Å²) in [5.41, 5.74) is 2.04. The minimum atomic E-state index is -0.617. The summed E-state index contributed by atoms with van der Waals surface area (Å²) in [7, 11) is 0. The number of nitrogens with zero attached hydrogens (tertiary/aromatic N) is 3. The van der Waals surface area contributed by atoms with Crippen LogP contribution in [-0.2, 0) is 11.2 Å². The van der Waals surface area contributed by atoms with E-state index in [2.05, 4.69) is 42.8 Å². The molecule has 0 atom stereocenters. The summed E-state index contributed by atoms with van der Waals surface area (Å²) in [6.45, 7) is 8.05. The van der Waals surface area contributed by atoms with Crippen LogP contribution in [0.15, 0.2) is 24.4 Å². The molecule has 2 aromatic rings. The maximum Gasteiger partial charge on any atom is 0.225 e. The van der Waals surface area contributed by atoms with Crippen molar-refractivity contribution in [2.24, 2.45) is 17.3 Å². The molecule has 5 rings (SSSR count). The lowest BCUT2D eigenvalue weighted by molar-refractivity contribution is -0.171. The van der Waals surface area contributed by atoms with Crippen molar-refractivity contribution in [3.05, 3.63) is 30.1 Å². The maximum absolute atomic E-state index is 12.5. The topological polar surface area (TPSA) is 58.4 Å². The van der Waals surface area contributed by atoms with E-state index in [9.17, 15) is 9.90 Å². The molecule has 5 heteroatoms. The Hall–Kier alpha value is -1.88. The van der Waals surface area contributed by atoms with E-state index in [1.165, 1.54) is 23.9 Å². The Morgan fingerprint density at radius 3 is 2.57 bits per heavy atom. The molecule has 150 valence electrons. The third-order valence-corrected chi connectivity index (χ3v) is 7.21. The molecule has 2 aliphatic carbocycles. The van der Waals surface area contributed by atoms with Gasteiger partial charge in [-0.15, -0.1) is 0 Å². The van der Waals surface area contributed by atoms with Crippen molar-refractivity contribution in [3.8, 4) is 0 Å². The molecule has 0 aromatic carbocycles. The molecule has 1 N–H and O–H groups in total. The monoisotopic (exact) mass is 381 g/mol. The number of amides is 1. The van der Waals surface area contributed by atoms with Crippen LogP contribution in [0.3, 0.4) is 0 Å². The summed E-state index contributed by atoms with van der Waals surface area (Å²) >= 11 is 0. The number of rotatable bonds is 4. The Kier molecular flexibility index (Phi) is 3.93. The molecule has 1 spiro atoms. The predicted molar refractivity (Wildman–Crippen MR) is 109 cm³/mol. The summed E-state index contributed by atoms with van der Waals surface area (Å²) in [5, 5.41) is 11.1. The van der Waals surface area contributed by atoms with E-state index in [0.29, 0.717) is 30.2 Å². The van der Waals surface area contributed by atoms with Crippen LogP contribution in [-0.4, -0.2) is 44.2 Å². The summed E-state index contributed by atoms with van der Waals surface area (Å²) in [6, 6.07) is 6.94. The van der Waals surface area contributed by atoms with Gasteiger partial charge in [0.2, 0.25) is 5.91 Å². The second kappa shape index (κ2) is 6.06. The minimum Gasteiger partial charge on any atom is -0.390 e. The Balaban J connectivity index is 1.15. The standard InChI is InChI=1S/C23H31N3O2/c1-15(2)26-7-6-17-4-5-19(24-20(17)26)8-16-9-23(10-16)13-25(14-23)21(27)18-11-22(3,28)12-18/h4-7,15-16,18,28H,8-14H2,1-3H3. The molecule has 28 heavy (non-hydrogen) atoms. The number of hydrogen-bond acceptors (Lipinski definition) is 3. The van der Waals surface area contributed by atoms with E-state index in [1.807, 2.05) is 11.8 Å². The zero-order valence-electron chi connectivity index (χ0n) is 17.2. The zero-order chi connectivity index (χ0) is 19.7. The van der Waals surface area contributed by atoms with Gasteiger partial charge in [-0.3, -0.25) is 4.79 Å². The smallest absolute Gasteiger partial charge is 0.225 e. The number of hydrogen-bond donors (Lipinski definition) is 1. The van der Waals surface area contributed by atoms with E-state index in [-0.39, 0.29) is 11.8 Å². The van der Waals surface area contributed by atoms with Gasteiger partial charge in [0.25, 0.3) is 0 Å². The van der Waals surface area contributed by atoms with Gasteiger partial charge >= 0.3 is 0 Å². The first-order valence-electron chi connectivity index (χ1n) is 10.7. The fraction of sp³-hybridized carbons (Fsp3) is 0.652. The molecule has 1 saturated heterocycles. The Bertz CT molecular complexity index is 907. The molecular formula is C23H31N3O2. The van der Waals surface area contributed by atoms with Crippen molar-refractivity contribution in [2.75, 3.05) is 13.1 Å². The molecule has 0 radical (unpaired) electrons. The second-order valence-corrected chi connectivity index (χ2v) is 10.3. The summed E-state index contributed by atoms with van der Waals surface area (Å²) in [5.74, 6) is 1.01. The largest absolute Gasteiger partial charge is 0.390 e. The minimum absolute atomic E-state index is 0.0522. The molecule has 3 heterocycles. The van der Waals surface area contributed by atoms with Crippen LogP contribution in [0.2, 0.25) is 0 Å². The zero-order valence-corrected chi connectivity index (χ0v) is 17.2. The molecule has 3 aliphatic rings. The average Bonchev–Trinajstić information content (AvgIpc) is 2.96. The SMILES string of the molecule is CC(C)n1ccc2ccc(CC3CC4(C3)CN(C(=O)C3CC(C)(O)C3)C4)nc21. The molecular weight excluding hydrogens is 350 g/mol. The van der Waals surface area contributed by atoms with Gasteiger partial charge in [-0.05, 0) is 77.0 Å². The normalized spacial score (nSPS) is 29.0. The summed E-state index contributed by atoms with van der Waals surface area (Å²) in [6.07, 6.45) is 6.86. The number of aliphatic hydroxyl groups is 1. The van der Waals surface area contributed by atoms with Gasteiger partial charge in [-0.1, -0.05) is 0 Å². The lowest BCUT2D eigenvalue weighted by atomic mass is 9.56. The van der Waals surface area contributed by atoms with Gasteiger partial charge in [-0.2, -0.15) is 0 Å². The van der Waals surface area contributed by atoms with Crippen molar-refractivity contribution >= 4 is 16.9 Å². The van der Waals surface area contributed by atoms with Gasteiger partial charge in [0, 0.05) is 47.7 Å². The van der Waals surface area contributed by atoms with E-state index >= 15 is 0 Å². The first-order valence-corrected chi connectivity index (χ1v) is 10.7. The Morgan fingerprint density at radius 1 is 1.21 bits per heavy atom. The molecule has 0 bridgehead atoms. The van der Waals surface area contributed by atoms with Crippen molar-refractivity contribution in [2.45, 2.75) is 64.5 Å². The van der Waals surface area contributed by atoms with Gasteiger partial charge in [0.05, 0.1) is 5.60 Å². The quantitative estimate of drug-likeness (QED) is 0.881. The lowest BCUT2D eigenvalue weighted by Gasteiger charge is -2.60. The number of aromatic nitrogens is 2. The average molecular weight is 382 g/mol. The Labute approximate surface area is 166 Å². The highest BCUT2D eigenvalue weighted by Gasteiger charge is 2.55. The third-order valence-electron chi connectivity index (χ3n) is 7.21. The van der Waals surface area contributed by atoms with Crippen LogP contribution in [0, 0.1) is 17.3 Å². The highest BCUT2D eigenvalue weighted by molar-refractivity contribution is 5.81. The molecule has 0 unspecified atom stereocenters. The predicted octanol–water partition coefficient (Wildman–Crippen LogP) is 3.56. The molecule has 1 aliphatic heterocycles. The Morgan fingerprint density at radius 2 is 1.93 bits per heavy atom. The number of likely N-dealkylation sites (tertiary alicyclic amines) is 1. The van der Waals surface area contributed by atoms with Crippen molar-refractivity contribution in [1.29, 1.82) is 0 Å². The van der Waals surface area contributed by atoms with E-state index in [4.69, 9.17) is 4.98 Å². The molecule has 1 amide bonds. The lowest BCUT2D eigenvalue weighted by Crippen LogP contribution is -2.66.